The Morgan fingerprint density at radius 1 is 1.29 bits per heavy atom. The van der Waals surface area contributed by atoms with Crippen LogP contribution in [0.25, 0.3) is 0 Å². The van der Waals surface area contributed by atoms with E-state index >= 15 is 0 Å². The van der Waals surface area contributed by atoms with Crippen LogP contribution in [0.4, 0.5) is 0 Å². The second-order valence-electron chi connectivity index (χ2n) is 5.12. The highest BCUT2D eigenvalue weighted by Gasteiger charge is 2.20. The van der Waals surface area contributed by atoms with Crippen molar-refractivity contribution in [3.8, 4) is 11.5 Å². The minimum atomic E-state index is 0.542. The summed E-state index contributed by atoms with van der Waals surface area (Å²) >= 11 is 7.49. The minimum absolute atomic E-state index is 0.542. The Balaban J connectivity index is 1.69. The van der Waals surface area contributed by atoms with Crippen molar-refractivity contribution in [1.29, 1.82) is 0 Å². The fourth-order valence-corrected chi connectivity index (χ4v) is 3.08. The van der Waals surface area contributed by atoms with Crippen LogP contribution in [-0.2, 0) is 13.2 Å². The van der Waals surface area contributed by atoms with Gasteiger partial charge >= 0.3 is 0 Å². The Bertz CT molecular complexity index is 610. The molecule has 3 nitrogen and oxygen atoms in total. The number of halogens is 1. The molecule has 0 bridgehead atoms. The lowest BCUT2D eigenvalue weighted by atomic mass is 10.2. The van der Waals surface area contributed by atoms with Crippen LogP contribution in [0.3, 0.4) is 0 Å². The second kappa shape index (κ2) is 6.69. The number of methoxy groups -OCH3 is 1. The SMILES string of the molecule is COc1ccc(OCc2ccc(Cl)s2)c(CNC2CC2)c1. The summed E-state index contributed by atoms with van der Waals surface area (Å²) in [5.74, 6) is 1.75. The number of nitrogens with one attached hydrogen (secondary N) is 1. The summed E-state index contributed by atoms with van der Waals surface area (Å²) in [6.45, 7) is 1.35. The van der Waals surface area contributed by atoms with Crippen LogP contribution >= 0.6 is 22.9 Å². The lowest BCUT2D eigenvalue weighted by Crippen LogP contribution is -2.16. The molecule has 21 heavy (non-hydrogen) atoms. The van der Waals surface area contributed by atoms with Crippen LogP contribution in [0.2, 0.25) is 4.34 Å². The van der Waals surface area contributed by atoms with Crippen LogP contribution < -0.4 is 14.8 Å². The first-order valence-electron chi connectivity index (χ1n) is 7.02. The average molecular weight is 324 g/mol. The molecule has 0 aliphatic heterocycles. The highest BCUT2D eigenvalue weighted by atomic mass is 35.5. The monoisotopic (exact) mass is 323 g/mol. The van der Waals surface area contributed by atoms with E-state index in [1.165, 1.54) is 12.8 Å². The molecule has 0 spiro atoms. The summed E-state index contributed by atoms with van der Waals surface area (Å²) < 4.78 is 12.0. The van der Waals surface area contributed by atoms with Gasteiger partial charge in [-0.2, -0.15) is 0 Å². The maximum Gasteiger partial charge on any atom is 0.124 e. The second-order valence-corrected chi connectivity index (χ2v) is 6.92. The molecule has 0 atom stereocenters. The van der Waals surface area contributed by atoms with E-state index in [1.54, 1.807) is 18.4 Å². The van der Waals surface area contributed by atoms with Crippen molar-refractivity contribution in [3.63, 3.8) is 0 Å². The van der Waals surface area contributed by atoms with E-state index in [0.29, 0.717) is 12.6 Å². The number of ether oxygens (including phenoxy) is 2. The van der Waals surface area contributed by atoms with Gasteiger partial charge in [0.1, 0.15) is 18.1 Å². The zero-order valence-corrected chi connectivity index (χ0v) is 13.5. The lowest BCUT2D eigenvalue weighted by Gasteiger charge is -2.13. The van der Waals surface area contributed by atoms with Crippen LogP contribution in [0.1, 0.15) is 23.3 Å². The largest absolute Gasteiger partial charge is 0.497 e. The van der Waals surface area contributed by atoms with Crippen molar-refractivity contribution in [2.75, 3.05) is 7.11 Å². The smallest absolute Gasteiger partial charge is 0.124 e. The van der Waals surface area contributed by atoms with E-state index in [-0.39, 0.29) is 0 Å². The first-order valence-corrected chi connectivity index (χ1v) is 8.21. The number of hydrogen-bond donors (Lipinski definition) is 1. The Hall–Kier alpha value is -1.23. The predicted octanol–water partition coefficient (Wildman–Crippen LogP) is 4.24. The summed E-state index contributed by atoms with van der Waals surface area (Å²) in [7, 11) is 1.68. The van der Waals surface area contributed by atoms with Gasteiger partial charge in [-0.3, -0.25) is 0 Å². The molecule has 0 radical (unpaired) electrons. The summed E-state index contributed by atoms with van der Waals surface area (Å²) in [5.41, 5.74) is 1.13. The zero-order valence-electron chi connectivity index (χ0n) is 11.9. The molecule has 2 aromatic rings. The molecular formula is C16H18ClNO2S. The molecule has 1 saturated carbocycles. The summed E-state index contributed by atoms with van der Waals surface area (Å²) in [6, 6.07) is 10.5. The fourth-order valence-electron chi connectivity index (χ4n) is 2.08. The molecule has 1 fully saturated rings. The Kier molecular flexibility index (Phi) is 4.68. The first-order chi connectivity index (χ1) is 10.2. The van der Waals surface area contributed by atoms with Crippen LogP contribution in [0, 0.1) is 0 Å². The lowest BCUT2D eigenvalue weighted by molar-refractivity contribution is 0.304. The average Bonchev–Trinajstić information content (AvgIpc) is 3.24. The summed E-state index contributed by atoms with van der Waals surface area (Å²) in [5, 5.41) is 3.51. The Morgan fingerprint density at radius 3 is 2.81 bits per heavy atom. The highest BCUT2D eigenvalue weighted by molar-refractivity contribution is 7.16. The standard InChI is InChI=1S/C16H18ClNO2S/c1-19-13-4-6-15(11(8-13)9-18-12-2-3-12)20-10-14-5-7-16(17)21-14/h4-8,12,18H,2-3,9-10H2,1H3. The molecule has 1 aromatic carbocycles. The highest BCUT2D eigenvalue weighted by Crippen LogP contribution is 2.28. The van der Waals surface area contributed by atoms with Gasteiger partial charge in [0.05, 0.1) is 11.4 Å². The van der Waals surface area contributed by atoms with Crippen molar-refractivity contribution in [1.82, 2.24) is 5.32 Å². The molecule has 1 aliphatic carbocycles. The third-order valence-electron chi connectivity index (χ3n) is 3.42. The topological polar surface area (TPSA) is 30.5 Å². The van der Waals surface area contributed by atoms with Crippen molar-refractivity contribution in [2.45, 2.75) is 32.0 Å². The predicted molar refractivity (Wildman–Crippen MR) is 86.5 cm³/mol. The molecule has 1 heterocycles. The van der Waals surface area contributed by atoms with Crippen molar-refractivity contribution in [3.05, 3.63) is 45.1 Å². The molecule has 0 amide bonds. The van der Waals surface area contributed by atoms with Gasteiger partial charge in [-0.15, -0.1) is 11.3 Å². The van der Waals surface area contributed by atoms with Crippen molar-refractivity contribution in [2.24, 2.45) is 0 Å². The van der Waals surface area contributed by atoms with Gasteiger partial charge in [0, 0.05) is 23.0 Å². The Labute approximate surface area is 133 Å². The number of benzene rings is 1. The first kappa shape index (κ1) is 14.7. The van der Waals surface area contributed by atoms with Gasteiger partial charge in [0.2, 0.25) is 0 Å². The normalized spacial score (nSPS) is 14.2. The van der Waals surface area contributed by atoms with Gasteiger partial charge < -0.3 is 14.8 Å². The third-order valence-corrected chi connectivity index (χ3v) is 4.63. The maximum atomic E-state index is 5.94. The van der Waals surface area contributed by atoms with E-state index in [4.69, 9.17) is 21.1 Å². The molecule has 1 N–H and O–H groups in total. The minimum Gasteiger partial charge on any atom is -0.497 e. The van der Waals surface area contributed by atoms with Crippen LogP contribution in [0.15, 0.2) is 30.3 Å². The quantitative estimate of drug-likeness (QED) is 0.826. The summed E-state index contributed by atoms with van der Waals surface area (Å²) in [4.78, 5) is 1.12. The number of hydrogen-bond acceptors (Lipinski definition) is 4. The van der Waals surface area contributed by atoms with Gasteiger partial charge in [-0.05, 0) is 43.2 Å². The molecule has 0 saturated heterocycles. The molecule has 0 unspecified atom stereocenters. The molecule has 1 aliphatic rings. The van der Waals surface area contributed by atoms with Crippen LogP contribution in [-0.4, -0.2) is 13.2 Å². The van der Waals surface area contributed by atoms with E-state index in [9.17, 15) is 0 Å². The maximum absolute atomic E-state index is 5.94. The van der Waals surface area contributed by atoms with Gasteiger partial charge in [0.25, 0.3) is 0 Å². The molecule has 5 heteroatoms. The Morgan fingerprint density at radius 2 is 2.14 bits per heavy atom. The molecular weight excluding hydrogens is 306 g/mol. The van der Waals surface area contributed by atoms with Gasteiger partial charge in [-0.1, -0.05) is 11.6 Å². The van der Waals surface area contributed by atoms with Crippen molar-refractivity contribution < 1.29 is 9.47 Å². The molecule has 112 valence electrons. The number of thiophene rings is 1. The summed E-state index contributed by atoms with van der Waals surface area (Å²) in [6.07, 6.45) is 2.54. The van der Waals surface area contributed by atoms with E-state index in [1.807, 2.05) is 30.3 Å². The zero-order chi connectivity index (χ0) is 14.7. The number of rotatable bonds is 7. The van der Waals surface area contributed by atoms with E-state index < -0.39 is 0 Å². The van der Waals surface area contributed by atoms with Crippen molar-refractivity contribution >= 4 is 22.9 Å². The third kappa shape index (κ3) is 4.13. The van der Waals surface area contributed by atoms with E-state index in [2.05, 4.69) is 5.32 Å². The van der Waals surface area contributed by atoms with E-state index in [0.717, 1.165) is 32.8 Å². The van der Waals surface area contributed by atoms with Gasteiger partial charge in [0.15, 0.2) is 0 Å². The molecule has 1 aromatic heterocycles. The van der Waals surface area contributed by atoms with Crippen LogP contribution in [0.5, 0.6) is 11.5 Å². The molecule has 3 rings (SSSR count). The van der Waals surface area contributed by atoms with Gasteiger partial charge in [-0.25, -0.2) is 0 Å². The fraction of sp³-hybridized carbons (Fsp3) is 0.375.